The van der Waals surface area contributed by atoms with Crippen LogP contribution in [0.1, 0.15) is 12.5 Å². The van der Waals surface area contributed by atoms with E-state index in [4.69, 9.17) is 10.5 Å². The van der Waals surface area contributed by atoms with Crippen LogP contribution in [0.15, 0.2) is 34.2 Å². The van der Waals surface area contributed by atoms with E-state index >= 15 is 0 Å². The molecule has 122 valence electrons. The summed E-state index contributed by atoms with van der Waals surface area (Å²) in [5.74, 6) is 0.599. The predicted octanol–water partition coefficient (Wildman–Crippen LogP) is 1.28. The van der Waals surface area contributed by atoms with Gasteiger partial charge in [-0.25, -0.2) is 8.42 Å². The molecule has 1 aliphatic rings. The normalized spacial score (nSPS) is 17.6. The lowest BCUT2D eigenvalue weighted by molar-refractivity contribution is 0.0730. The predicted molar refractivity (Wildman–Crippen MR) is 89.5 cm³/mol. The highest BCUT2D eigenvalue weighted by molar-refractivity contribution is 8.13. The van der Waals surface area contributed by atoms with Crippen LogP contribution < -0.4 is 5.73 Å². The van der Waals surface area contributed by atoms with Crippen molar-refractivity contribution in [1.29, 1.82) is 0 Å². The first kappa shape index (κ1) is 17.3. The molecule has 6 nitrogen and oxygen atoms in total. The lowest BCUT2D eigenvalue weighted by Gasteiger charge is -2.26. The molecule has 0 radical (unpaired) electrons. The lowest BCUT2D eigenvalue weighted by atomic mass is 10.2. The van der Waals surface area contributed by atoms with E-state index in [-0.39, 0.29) is 0 Å². The maximum Gasteiger partial charge on any atom is 0.243 e. The molecule has 2 rings (SSSR count). The molecule has 1 aliphatic heterocycles. The summed E-state index contributed by atoms with van der Waals surface area (Å²) in [6.07, 6.45) is 0. The zero-order valence-corrected chi connectivity index (χ0v) is 14.2. The fourth-order valence-electron chi connectivity index (χ4n) is 2.09. The van der Waals surface area contributed by atoms with Crippen LogP contribution in [0.5, 0.6) is 0 Å². The fraction of sp³-hybridized carbons (Fsp3) is 0.500. The first-order valence-corrected chi connectivity index (χ1v) is 9.56. The molecule has 8 heteroatoms. The van der Waals surface area contributed by atoms with Crippen molar-refractivity contribution in [1.82, 2.24) is 4.31 Å². The highest BCUT2D eigenvalue weighted by Gasteiger charge is 2.26. The quantitative estimate of drug-likeness (QED) is 0.643. The van der Waals surface area contributed by atoms with Gasteiger partial charge in [-0.05, 0) is 24.6 Å². The second-order valence-electron chi connectivity index (χ2n) is 4.77. The largest absolute Gasteiger partial charge is 0.379 e. The van der Waals surface area contributed by atoms with Crippen molar-refractivity contribution in [2.24, 2.45) is 10.7 Å². The molecule has 1 aromatic rings. The number of amidine groups is 1. The van der Waals surface area contributed by atoms with Gasteiger partial charge in [-0.1, -0.05) is 23.9 Å². The van der Waals surface area contributed by atoms with Crippen molar-refractivity contribution in [3.8, 4) is 0 Å². The van der Waals surface area contributed by atoms with Gasteiger partial charge in [0, 0.05) is 25.4 Å². The Morgan fingerprint density at radius 1 is 1.41 bits per heavy atom. The van der Waals surface area contributed by atoms with Gasteiger partial charge in [0.25, 0.3) is 0 Å². The molecule has 1 aromatic carbocycles. The standard InChI is InChI=1S/C14H21N3O3S2/c1-2-16-14(15)21-11-12-4-3-5-13(10-12)22(18,19)17-6-8-20-9-7-17/h3-5,10H,2,6-9,11H2,1H3,(H2,15,16). The third-order valence-corrected chi connectivity index (χ3v) is 6.00. The van der Waals surface area contributed by atoms with Crippen LogP contribution in [0.4, 0.5) is 0 Å². The highest BCUT2D eigenvalue weighted by atomic mass is 32.2. The molecular weight excluding hydrogens is 322 g/mol. The molecule has 2 N–H and O–H groups in total. The first-order valence-electron chi connectivity index (χ1n) is 7.13. The molecule has 0 atom stereocenters. The summed E-state index contributed by atoms with van der Waals surface area (Å²) in [5.41, 5.74) is 6.66. The third-order valence-electron chi connectivity index (χ3n) is 3.21. The average Bonchev–Trinajstić information content (AvgIpc) is 2.54. The monoisotopic (exact) mass is 343 g/mol. The van der Waals surface area contributed by atoms with Crippen LogP contribution >= 0.6 is 11.8 Å². The van der Waals surface area contributed by atoms with Gasteiger partial charge >= 0.3 is 0 Å². The molecule has 0 spiro atoms. The Bertz CT molecular complexity index is 626. The second-order valence-corrected chi connectivity index (χ2v) is 7.70. The summed E-state index contributed by atoms with van der Waals surface area (Å²) in [5, 5.41) is 0.518. The Labute approximate surface area is 135 Å². The van der Waals surface area contributed by atoms with E-state index in [2.05, 4.69) is 4.99 Å². The first-order chi connectivity index (χ1) is 10.5. The van der Waals surface area contributed by atoms with Gasteiger partial charge in [0.2, 0.25) is 10.0 Å². The molecule has 22 heavy (non-hydrogen) atoms. The van der Waals surface area contributed by atoms with Crippen LogP contribution in [0, 0.1) is 0 Å². The number of nitrogens with two attached hydrogens (primary N) is 1. The summed E-state index contributed by atoms with van der Waals surface area (Å²) in [6, 6.07) is 6.99. The van der Waals surface area contributed by atoms with Crippen molar-refractivity contribution in [2.75, 3.05) is 32.8 Å². The van der Waals surface area contributed by atoms with Crippen molar-refractivity contribution in [3.05, 3.63) is 29.8 Å². The van der Waals surface area contributed by atoms with Gasteiger partial charge in [-0.3, -0.25) is 4.99 Å². The maximum atomic E-state index is 12.6. The Kier molecular flexibility index (Phi) is 6.25. The highest BCUT2D eigenvalue weighted by Crippen LogP contribution is 2.20. The number of morpholine rings is 1. The van der Waals surface area contributed by atoms with Gasteiger partial charge in [0.15, 0.2) is 5.17 Å². The van der Waals surface area contributed by atoms with Gasteiger partial charge < -0.3 is 10.5 Å². The molecule has 0 unspecified atom stereocenters. The van der Waals surface area contributed by atoms with Crippen LogP contribution in [-0.4, -0.2) is 50.7 Å². The Balaban J connectivity index is 2.11. The van der Waals surface area contributed by atoms with E-state index in [0.717, 1.165) is 5.56 Å². The number of hydrogen-bond donors (Lipinski definition) is 1. The van der Waals surface area contributed by atoms with E-state index in [1.54, 1.807) is 18.2 Å². The number of nitrogens with zero attached hydrogens (tertiary/aromatic N) is 2. The SMILES string of the molecule is CCN=C(N)SCc1cccc(S(=O)(=O)N2CCOCC2)c1. The minimum Gasteiger partial charge on any atom is -0.379 e. The molecule has 0 aliphatic carbocycles. The van der Waals surface area contributed by atoms with Crippen LogP contribution in [0.2, 0.25) is 0 Å². The summed E-state index contributed by atoms with van der Waals surface area (Å²) < 4.78 is 31.9. The molecule has 0 aromatic heterocycles. The number of benzene rings is 1. The van der Waals surface area contributed by atoms with Crippen molar-refractivity contribution in [2.45, 2.75) is 17.6 Å². The molecule has 1 fully saturated rings. The second kappa shape index (κ2) is 7.96. The van der Waals surface area contributed by atoms with E-state index in [9.17, 15) is 8.42 Å². The molecule has 0 saturated carbocycles. The fourth-order valence-corrected chi connectivity index (χ4v) is 4.28. The van der Waals surface area contributed by atoms with Gasteiger partial charge in [-0.15, -0.1) is 0 Å². The summed E-state index contributed by atoms with van der Waals surface area (Å²) >= 11 is 1.41. The van der Waals surface area contributed by atoms with Gasteiger partial charge in [0.05, 0.1) is 18.1 Å². The zero-order chi connectivity index (χ0) is 16.0. The van der Waals surface area contributed by atoms with Gasteiger partial charge in [0.1, 0.15) is 0 Å². The van der Waals surface area contributed by atoms with E-state index in [0.29, 0.717) is 48.7 Å². The lowest BCUT2D eigenvalue weighted by Crippen LogP contribution is -2.40. The number of sulfonamides is 1. The zero-order valence-electron chi connectivity index (χ0n) is 12.6. The van der Waals surface area contributed by atoms with E-state index in [1.165, 1.54) is 16.1 Å². The summed E-state index contributed by atoms with van der Waals surface area (Å²) in [6.45, 7) is 4.25. The molecule has 1 saturated heterocycles. The van der Waals surface area contributed by atoms with E-state index in [1.807, 2.05) is 13.0 Å². The third kappa shape index (κ3) is 4.45. The smallest absolute Gasteiger partial charge is 0.243 e. The molecular formula is C14H21N3O3S2. The van der Waals surface area contributed by atoms with Crippen molar-refractivity contribution in [3.63, 3.8) is 0 Å². The van der Waals surface area contributed by atoms with Gasteiger partial charge in [-0.2, -0.15) is 4.31 Å². The van der Waals surface area contributed by atoms with Crippen molar-refractivity contribution >= 4 is 27.0 Å². The maximum absolute atomic E-state index is 12.6. The van der Waals surface area contributed by atoms with E-state index < -0.39 is 10.0 Å². The summed E-state index contributed by atoms with van der Waals surface area (Å²) in [4.78, 5) is 4.42. The minimum atomic E-state index is -3.45. The number of rotatable bonds is 5. The molecule has 0 amide bonds. The Morgan fingerprint density at radius 2 is 2.14 bits per heavy atom. The van der Waals surface area contributed by atoms with Crippen LogP contribution in [0.25, 0.3) is 0 Å². The number of ether oxygens (including phenoxy) is 1. The minimum absolute atomic E-state index is 0.318. The molecule has 0 bridgehead atoms. The number of thioether (sulfide) groups is 1. The molecule has 1 heterocycles. The number of hydrogen-bond acceptors (Lipinski definition) is 5. The topological polar surface area (TPSA) is 85.0 Å². The van der Waals surface area contributed by atoms with Crippen molar-refractivity contribution < 1.29 is 13.2 Å². The van der Waals surface area contributed by atoms with Crippen LogP contribution in [-0.2, 0) is 20.5 Å². The Morgan fingerprint density at radius 3 is 2.82 bits per heavy atom. The number of aliphatic imine (C=N–C) groups is 1. The van der Waals surface area contributed by atoms with Crippen LogP contribution in [0.3, 0.4) is 0 Å². The Hall–Kier alpha value is -1.09. The summed E-state index contributed by atoms with van der Waals surface area (Å²) in [7, 11) is -3.45. The average molecular weight is 343 g/mol.